The number of rotatable bonds is 4. The quantitative estimate of drug-likeness (QED) is 0.807. The molecular formula is C18H18O3. The third kappa shape index (κ3) is 2.19. The van der Waals surface area contributed by atoms with E-state index in [1.165, 1.54) is 12.7 Å². The zero-order valence-corrected chi connectivity index (χ0v) is 12.2. The van der Waals surface area contributed by atoms with E-state index < -0.39 is 5.41 Å². The van der Waals surface area contributed by atoms with Crippen molar-refractivity contribution in [3.05, 3.63) is 65.7 Å². The van der Waals surface area contributed by atoms with E-state index in [9.17, 15) is 4.79 Å². The Morgan fingerprint density at radius 2 is 1.71 bits per heavy atom. The fraction of sp³-hybridized carbons (Fsp3) is 0.278. The van der Waals surface area contributed by atoms with Gasteiger partial charge in [0, 0.05) is 5.92 Å². The minimum Gasteiger partial charge on any atom is -0.497 e. The third-order valence-corrected chi connectivity index (χ3v) is 4.32. The molecule has 1 aliphatic rings. The van der Waals surface area contributed by atoms with Gasteiger partial charge in [0.2, 0.25) is 0 Å². The van der Waals surface area contributed by atoms with Gasteiger partial charge in [-0.05, 0) is 29.7 Å². The molecule has 3 heteroatoms. The SMILES string of the molecule is COC(=O)[C@]1(c2ccc(OC)cc2)C[C@H]1c1ccccc1. The summed E-state index contributed by atoms with van der Waals surface area (Å²) in [6.07, 6.45) is 0.788. The van der Waals surface area contributed by atoms with Gasteiger partial charge in [0.15, 0.2) is 0 Å². The van der Waals surface area contributed by atoms with Crippen molar-refractivity contribution < 1.29 is 14.3 Å². The minimum absolute atomic E-state index is 0.165. The van der Waals surface area contributed by atoms with Crippen LogP contribution in [0.1, 0.15) is 23.5 Å². The van der Waals surface area contributed by atoms with E-state index in [1.54, 1.807) is 7.11 Å². The van der Waals surface area contributed by atoms with Crippen molar-refractivity contribution in [1.82, 2.24) is 0 Å². The van der Waals surface area contributed by atoms with Crippen molar-refractivity contribution in [2.45, 2.75) is 17.8 Å². The lowest BCUT2D eigenvalue weighted by Crippen LogP contribution is -2.24. The number of hydrogen-bond acceptors (Lipinski definition) is 3. The van der Waals surface area contributed by atoms with Crippen molar-refractivity contribution in [3.63, 3.8) is 0 Å². The molecule has 108 valence electrons. The van der Waals surface area contributed by atoms with Gasteiger partial charge in [-0.15, -0.1) is 0 Å². The molecular weight excluding hydrogens is 264 g/mol. The van der Waals surface area contributed by atoms with Crippen LogP contribution in [0.15, 0.2) is 54.6 Å². The Balaban J connectivity index is 1.98. The first kappa shape index (κ1) is 13.7. The summed E-state index contributed by atoms with van der Waals surface area (Å²) in [5, 5.41) is 0. The summed E-state index contributed by atoms with van der Waals surface area (Å²) < 4.78 is 10.3. The Morgan fingerprint density at radius 3 is 2.29 bits per heavy atom. The predicted molar refractivity (Wildman–Crippen MR) is 80.5 cm³/mol. The fourth-order valence-electron chi connectivity index (χ4n) is 3.08. The van der Waals surface area contributed by atoms with Gasteiger partial charge >= 0.3 is 5.97 Å². The van der Waals surface area contributed by atoms with Gasteiger partial charge in [-0.2, -0.15) is 0 Å². The minimum atomic E-state index is -0.553. The highest BCUT2D eigenvalue weighted by atomic mass is 16.5. The second-order valence-electron chi connectivity index (χ2n) is 5.36. The summed E-state index contributed by atoms with van der Waals surface area (Å²) in [4.78, 5) is 12.4. The van der Waals surface area contributed by atoms with Gasteiger partial charge < -0.3 is 9.47 Å². The van der Waals surface area contributed by atoms with E-state index in [0.29, 0.717) is 0 Å². The van der Waals surface area contributed by atoms with Crippen LogP contribution in [0.4, 0.5) is 0 Å². The fourth-order valence-corrected chi connectivity index (χ4v) is 3.08. The Labute approximate surface area is 124 Å². The van der Waals surface area contributed by atoms with Gasteiger partial charge in [0.1, 0.15) is 11.2 Å². The molecule has 0 spiro atoms. The van der Waals surface area contributed by atoms with Crippen molar-refractivity contribution >= 4 is 5.97 Å². The van der Waals surface area contributed by atoms with Crippen LogP contribution in [-0.4, -0.2) is 20.2 Å². The van der Waals surface area contributed by atoms with Crippen LogP contribution in [0, 0.1) is 0 Å². The molecule has 1 aliphatic carbocycles. The molecule has 2 aromatic carbocycles. The average molecular weight is 282 g/mol. The molecule has 0 N–H and O–H groups in total. The highest BCUT2D eigenvalue weighted by Gasteiger charge is 2.62. The maximum atomic E-state index is 12.4. The summed E-state index contributed by atoms with van der Waals surface area (Å²) in [5.74, 6) is 0.803. The van der Waals surface area contributed by atoms with E-state index in [1.807, 2.05) is 42.5 Å². The van der Waals surface area contributed by atoms with Crippen LogP contribution >= 0.6 is 0 Å². The number of esters is 1. The molecule has 0 heterocycles. The van der Waals surface area contributed by atoms with E-state index in [-0.39, 0.29) is 11.9 Å². The molecule has 3 nitrogen and oxygen atoms in total. The standard InChI is InChI=1S/C18H18O3/c1-20-15-10-8-14(9-11-15)18(17(19)21-2)12-16(18)13-6-4-3-5-7-13/h3-11,16H,12H2,1-2H3/t16-,18-/m0/s1. The normalized spacial score (nSPS) is 23.4. The van der Waals surface area contributed by atoms with E-state index in [0.717, 1.165) is 17.7 Å². The highest BCUT2D eigenvalue weighted by molar-refractivity contribution is 5.89. The molecule has 0 unspecified atom stereocenters. The van der Waals surface area contributed by atoms with Gasteiger partial charge in [0.05, 0.1) is 14.2 Å². The maximum Gasteiger partial charge on any atom is 0.316 e. The molecule has 0 bridgehead atoms. The molecule has 0 amide bonds. The van der Waals surface area contributed by atoms with Crippen LogP contribution in [0.25, 0.3) is 0 Å². The zero-order valence-electron chi connectivity index (χ0n) is 12.2. The third-order valence-electron chi connectivity index (χ3n) is 4.32. The first-order chi connectivity index (χ1) is 10.2. The molecule has 0 saturated heterocycles. The molecule has 3 rings (SSSR count). The number of benzene rings is 2. The van der Waals surface area contributed by atoms with E-state index in [4.69, 9.17) is 9.47 Å². The molecule has 0 radical (unpaired) electrons. The van der Waals surface area contributed by atoms with Crippen LogP contribution < -0.4 is 4.74 Å². The van der Waals surface area contributed by atoms with Crippen molar-refractivity contribution in [3.8, 4) is 5.75 Å². The number of methoxy groups -OCH3 is 2. The summed E-state index contributed by atoms with van der Waals surface area (Å²) in [7, 11) is 3.09. The van der Waals surface area contributed by atoms with Gasteiger partial charge in [0.25, 0.3) is 0 Å². The van der Waals surface area contributed by atoms with Crippen LogP contribution in [0.5, 0.6) is 5.75 Å². The number of carbonyl (C=O) groups excluding carboxylic acids is 1. The van der Waals surface area contributed by atoms with E-state index in [2.05, 4.69) is 12.1 Å². The predicted octanol–water partition coefficient (Wildman–Crippen LogP) is 3.29. The lowest BCUT2D eigenvalue weighted by molar-refractivity contribution is -0.143. The smallest absolute Gasteiger partial charge is 0.316 e. The molecule has 0 aliphatic heterocycles. The van der Waals surface area contributed by atoms with Gasteiger partial charge in [-0.25, -0.2) is 0 Å². The monoisotopic (exact) mass is 282 g/mol. The van der Waals surface area contributed by atoms with Crippen LogP contribution in [0.3, 0.4) is 0 Å². The Hall–Kier alpha value is -2.29. The zero-order chi connectivity index (χ0) is 14.9. The van der Waals surface area contributed by atoms with Crippen molar-refractivity contribution in [2.24, 2.45) is 0 Å². The molecule has 2 atom stereocenters. The average Bonchev–Trinajstić information content (AvgIpc) is 3.32. The molecule has 21 heavy (non-hydrogen) atoms. The Bertz CT molecular complexity index is 633. The summed E-state index contributed by atoms with van der Waals surface area (Å²) in [5.41, 5.74) is 1.62. The van der Waals surface area contributed by atoms with Crippen LogP contribution in [0.2, 0.25) is 0 Å². The topological polar surface area (TPSA) is 35.5 Å². The van der Waals surface area contributed by atoms with Crippen LogP contribution in [-0.2, 0) is 14.9 Å². The number of hydrogen-bond donors (Lipinski definition) is 0. The lowest BCUT2D eigenvalue weighted by atomic mass is 9.90. The second kappa shape index (κ2) is 5.24. The first-order valence-corrected chi connectivity index (χ1v) is 7.00. The second-order valence-corrected chi connectivity index (χ2v) is 5.36. The lowest BCUT2D eigenvalue weighted by Gasteiger charge is -2.16. The van der Waals surface area contributed by atoms with Crippen molar-refractivity contribution in [2.75, 3.05) is 14.2 Å². The van der Waals surface area contributed by atoms with E-state index >= 15 is 0 Å². The molecule has 2 aromatic rings. The van der Waals surface area contributed by atoms with Crippen molar-refractivity contribution in [1.29, 1.82) is 0 Å². The number of ether oxygens (including phenoxy) is 2. The Morgan fingerprint density at radius 1 is 1.05 bits per heavy atom. The van der Waals surface area contributed by atoms with Gasteiger partial charge in [-0.1, -0.05) is 42.5 Å². The molecule has 1 fully saturated rings. The Kier molecular flexibility index (Phi) is 3.42. The first-order valence-electron chi connectivity index (χ1n) is 7.00. The summed E-state index contributed by atoms with van der Waals surface area (Å²) >= 11 is 0. The number of carbonyl (C=O) groups is 1. The largest absolute Gasteiger partial charge is 0.497 e. The maximum absolute atomic E-state index is 12.4. The molecule has 0 aromatic heterocycles. The highest BCUT2D eigenvalue weighted by Crippen LogP contribution is 2.61. The molecule has 1 saturated carbocycles. The van der Waals surface area contributed by atoms with Gasteiger partial charge in [-0.3, -0.25) is 4.79 Å². The summed E-state index contributed by atoms with van der Waals surface area (Å²) in [6, 6.07) is 17.8. The summed E-state index contributed by atoms with van der Waals surface area (Å²) in [6.45, 7) is 0.